The Morgan fingerprint density at radius 2 is 1.95 bits per heavy atom. The van der Waals surface area contributed by atoms with Crippen LogP contribution in [-0.4, -0.2) is 27.0 Å². The summed E-state index contributed by atoms with van der Waals surface area (Å²) < 4.78 is 50.6. The van der Waals surface area contributed by atoms with Gasteiger partial charge < -0.3 is 5.32 Å². The van der Waals surface area contributed by atoms with Gasteiger partial charge in [0.05, 0.1) is 5.75 Å². The molecule has 0 aromatic heterocycles. The normalized spacial score (nSPS) is 13.4. The first-order valence-electron chi connectivity index (χ1n) is 6.62. The maximum Gasteiger partial charge on any atom is 0.147 e. The highest BCUT2D eigenvalue weighted by Crippen LogP contribution is 2.26. The molecular formula is C14H21F2NO2S. The smallest absolute Gasteiger partial charge is 0.147 e. The third-order valence-corrected chi connectivity index (χ3v) is 4.06. The number of nitrogens with one attached hydrogen (secondary N) is 1. The molecule has 0 aliphatic heterocycles. The second-order valence-electron chi connectivity index (χ2n) is 5.02. The van der Waals surface area contributed by atoms with Gasteiger partial charge in [0.15, 0.2) is 0 Å². The van der Waals surface area contributed by atoms with Crippen molar-refractivity contribution in [3.05, 3.63) is 34.9 Å². The summed E-state index contributed by atoms with van der Waals surface area (Å²) in [6.07, 6.45) is 2.06. The van der Waals surface area contributed by atoms with Crippen LogP contribution in [0.1, 0.15) is 36.9 Å². The van der Waals surface area contributed by atoms with Gasteiger partial charge in [0.2, 0.25) is 0 Å². The fourth-order valence-electron chi connectivity index (χ4n) is 2.00. The lowest BCUT2D eigenvalue weighted by molar-refractivity contribution is 0.454. The van der Waals surface area contributed by atoms with Crippen LogP contribution < -0.4 is 5.32 Å². The van der Waals surface area contributed by atoms with E-state index in [9.17, 15) is 17.2 Å². The number of halogens is 2. The molecule has 0 heterocycles. The third kappa shape index (κ3) is 4.83. The number of hydrogen-bond donors (Lipinski definition) is 1. The Balaban J connectivity index is 3.07. The minimum atomic E-state index is -3.17. The first kappa shape index (κ1) is 17.0. The zero-order valence-electron chi connectivity index (χ0n) is 12.0. The third-order valence-electron chi connectivity index (χ3n) is 3.09. The van der Waals surface area contributed by atoms with Gasteiger partial charge in [0, 0.05) is 17.9 Å². The summed E-state index contributed by atoms with van der Waals surface area (Å²) in [7, 11) is -3.17. The van der Waals surface area contributed by atoms with E-state index in [0.29, 0.717) is 12.1 Å². The summed E-state index contributed by atoms with van der Waals surface area (Å²) >= 11 is 0. The summed E-state index contributed by atoms with van der Waals surface area (Å²) in [4.78, 5) is 0. The van der Waals surface area contributed by atoms with Crippen molar-refractivity contribution in [1.29, 1.82) is 0 Å². The molecule has 1 unspecified atom stereocenters. The lowest BCUT2D eigenvalue weighted by atomic mass is 10.0. The molecule has 3 nitrogen and oxygen atoms in total. The molecule has 0 spiro atoms. The van der Waals surface area contributed by atoms with Gasteiger partial charge in [-0.2, -0.15) is 0 Å². The molecule has 1 atom stereocenters. The predicted molar refractivity (Wildman–Crippen MR) is 76.5 cm³/mol. The van der Waals surface area contributed by atoms with Crippen molar-refractivity contribution in [2.45, 2.75) is 32.7 Å². The van der Waals surface area contributed by atoms with Crippen LogP contribution in [0.2, 0.25) is 0 Å². The van der Waals surface area contributed by atoms with Crippen LogP contribution in [-0.2, 0) is 9.84 Å². The van der Waals surface area contributed by atoms with Crippen LogP contribution >= 0.6 is 0 Å². The van der Waals surface area contributed by atoms with Crippen LogP contribution in [0.5, 0.6) is 0 Å². The quantitative estimate of drug-likeness (QED) is 0.842. The van der Waals surface area contributed by atoms with Gasteiger partial charge in [0.1, 0.15) is 21.5 Å². The minimum Gasteiger partial charge on any atom is -0.310 e. The van der Waals surface area contributed by atoms with Crippen molar-refractivity contribution in [2.75, 3.05) is 18.6 Å². The highest BCUT2D eigenvalue weighted by atomic mass is 32.2. The SMILES string of the molecule is CCCNC(CCS(C)(=O)=O)c1c(F)ccc(C)c1F. The fourth-order valence-corrected chi connectivity index (χ4v) is 2.66. The van der Waals surface area contributed by atoms with Gasteiger partial charge in [0.25, 0.3) is 0 Å². The standard InChI is InChI=1S/C14H21F2NO2S/c1-4-8-17-12(7-9-20(3,18)19)13-11(15)6-5-10(2)14(13)16/h5-6,12,17H,4,7-9H2,1-3H3. The molecule has 1 aromatic rings. The maximum atomic E-state index is 14.1. The van der Waals surface area contributed by atoms with E-state index < -0.39 is 27.5 Å². The number of benzene rings is 1. The molecule has 0 aliphatic carbocycles. The fraction of sp³-hybridized carbons (Fsp3) is 0.571. The molecule has 0 bridgehead atoms. The average molecular weight is 305 g/mol. The molecule has 1 aromatic carbocycles. The Bertz CT molecular complexity index is 559. The summed E-state index contributed by atoms with van der Waals surface area (Å²) in [6.45, 7) is 4.07. The van der Waals surface area contributed by atoms with E-state index in [-0.39, 0.29) is 17.7 Å². The molecule has 0 fully saturated rings. The molecule has 0 saturated heterocycles. The molecule has 0 aliphatic rings. The van der Waals surface area contributed by atoms with E-state index in [1.165, 1.54) is 12.1 Å². The van der Waals surface area contributed by atoms with Gasteiger partial charge >= 0.3 is 0 Å². The van der Waals surface area contributed by atoms with Crippen LogP contribution in [0.25, 0.3) is 0 Å². The van der Waals surface area contributed by atoms with Gasteiger partial charge in [-0.25, -0.2) is 17.2 Å². The molecule has 0 saturated carbocycles. The highest BCUT2D eigenvalue weighted by molar-refractivity contribution is 7.90. The van der Waals surface area contributed by atoms with Crippen molar-refractivity contribution in [2.24, 2.45) is 0 Å². The maximum absolute atomic E-state index is 14.1. The number of rotatable bonds is 7. The van der Waals surface area contributed by atoms with E-state index in [1.807, 2.05) is 6.92 Å². The van der Waals surface area contributed by atoms with E-state index >= 15 is 0 Å². The lowest BCUT2D eigenvalue weighted by Crippen LogP contribution is -2.26. The Morgan fingerprint density at radius 3 is 2.50 bits per heavy atom. The van der Waals surface area contributed by atoms with Crippen LogP contribution in [0.4, 0.5) is 8.78 Å². The average Bonchev–Trinajstić information content (AvgIpc) is 2.35. The van der Waals surface area contributed by atoms with Crippen molar-refractivity contribution in [3.63, 3.8) is 0 Å². The van der Waals surface area contributed by atoms with Crippen LogP contribution in [0.3, 0.4) is 0 Å². The first-order chi connectivity index (χ1) is 9.26. The van der Waals surface area contributed by atoms with E-state index in [4.69, 9.17) is 0 Å². The molecule has 1 N–H and O–H groups in total. The number of hydrogen-bond acceptors (Lipinski definition) is 3. The molecule has 114 valence electrons. The molecular weight excluding hydrogens is 284 g/mol. The zero-order valence-corrected chi connectivity index (χ0v) is 12.9. The predicted octanol–water partition coefficient (Wildman–Crippen LogP) is 2.75. The Labute approximate surface area is 119 Å². The Kier molecular flexibility index (Phi) is 6.07. The molecule has 0 amide bonds. The summed E-state index contributed by atoms with van der Waals surface area (Å²) in [5, 5.41) is 3.02. The van der Waals surface area contributed by atoms with Crippen molar-refractivity contribution < 1.29 is 17.2 Å². The van der Waals surface area contributed by atoms with Gasteiger partial charge in [-0.3, -0.25) is 0 Å². The monoisotopic (exact) mass is 305 g/mol. The number of aryl methyl sites for hydroxylation is 1. The molecule has 0 radical (unpaired) electrons. The number of sulfone groups is 1. The topological polar surface area (TPSA) is 46.2 Å². The van der Waals surface area contributed by atoms with Crippen LogP contribution in [0, 0.1) is 18.6 Å². The second-order valence-corrected chi connectivity index (χ2v) is 7.28. The largest absolute Gasteiger partial charge is 0.310 e. The Hall–Kier alpha value is -1.01. The van der Waals surface area contributed by atoms with Crippen molar-refractivity contribution in [3.8, 4) is 0 Å². The van der Waals surface area contributed by atoms with Gasteiger partial charge in [-0.05, 0) is 37.9 Å². The van der Waals surface area contributed by atoms with E-state index in [1.54, 1.807) is 6.92 Å². The molecule has 6 heteroatoms. The summed E-state index contributed by atoms with van der Waals surface area (Å²) in [6, 6.07) is 1.96. The van der Waals surface area contributed by atoms with Gasteiger partial charge in [-0.1, -0.05) is 13.0 Å². The van der Waals surface area contributed by atoms with E-state index in [0.717, 1.165) is 12.7 Å². The van der Waals surface area contributed by atoms with Crippen molar-refractivity contribution in [1.82, 2.24) is 5.32 Å². The van der Waals surface area contributed by atoms with Gasteiger partial charge in [-0.15, -0.1) is 0 Å². The van der Waals surface area contributed by atoms with E-state index in [2.05, 4.69) is 5.32 Å². The molecule has 20 heavy (non-hydrogen) atoms. The van der Waals surface area contributed by atoms with Crippen molar-refractivity contribution >= 4 is 9.84 Å². The highest BCUT2D eigenvalue weighted by Gasteiger charge is 2.22. The minimum absolute atomic E-state index is 0.0675. The summed E-state index contributed by atoms with van der Waals surface area (Å²) in [5.41, 5.74) is 0.283. The molecule has 1 rings (SSSR count). The second kappa shape index (κ2) is 7.13. The van der Waals surface area contributed by atoms with Crippen LogP contribution in [0.15, 0.2) is 12.1 Å². The first-order valence-corrected chi connectivity index (χ1v) is 8.68. The Morgan fingerprint density at radius 1 is 1.30 bits per heavy atom. The zero-order chi connectivity index (χ0) is 15.3. The summed E-state index contributed by atoms with van der Waals surface area (Å²) in [5.74, 6) is -1.36. The lowest BCUT2D eigenvalue weighted by Gasteiger charge is -2.20.